The van der Waals surface area contributed by atoms with Gasteiger partial charge in [0, 0.05) is 18.0 Å². The molecular formula is C15H27N3O. The van der Waals surface area contributed by atoms with Crippen LogP contribution in [0, 0.1) is 5.92 Å². The molecule has 1 aromatic heterocycles. The van der Waals surface area contributed by atoms with Gasteiger partial charge in [-0.05, 0) is 12.3 Å². The Morgan fingerprint density at radius 3 is 2.47 bits per heavy atom. The quantitative estimate of drug-likeness (QED) is 0.853. The largest absolute Gasteiger partial charge is 0.478 e. The van der Waals surface area contributed by atoms with Crippen molar-refractivity contribution in [2.45, 2.75) is 53.4 Å². The van der Waals surface area contributed by atoms with Gasteiger partial charge >= 0.3 is 0 Å². The van der Waals surface area contributed by atoms with Gasteiger partial charge in [0.2, 0.25) is 5.88 Å². The molecule has 1 aromatic rings. The average Bonchev–Trinajstić information content (AvgIpc) is 2.32. The van der Waals surface area contributed by atoms with Crippen molar-refractivity contribution >= 4 is 5.82 Å². The molecule has 0 aliphatic carbocycles. The molecule has 0 atom stereocenters. The van der Waals surface area contributed by atoms with Crippen LogP contribution in [-0.4, -0.2) is 23.1 Å². The van der Waals surface area contributed by atoms with Crippen LogP contribution in [0.5, 0.6) is 5.88 Å². The Morgan fingerprint density at radius 1 is 1.26 bits per heavy atom. The normalized spacial score (nSPS) is 11.7. The zero-order chi connectivity index (χ0) is 14.5. The van der Waals surface area contributed by atoms with Gasteiger partial charge in [-0.25, -0.2) is 4.98 Å². The molecule has 0 unspecified atom stereocenters. The van der Waals surface area contributed by atoms with Gasteiger partial charge in [0.25, 0.3) is 0 Å². The Balaban J connectivity index is 2.95. The van der Waals surface area contributed by atoms with Crippen molar-refractivity contribution in [2.24, 2.45) is 5.92 Å². The smallest absolute Gasteiger partial charge is 0.218 e. The molecule has 1 N–H and O–H groups in total. The molecule has 19 heavy (non-hydrogen) atoms. The second-order valence-corrected chi connectivity index (χ2v) is 6.29. The number of rotatable bonds is 6. The van der Waals surface area contributed by atoms with Gasteiger partial charge in [-0.1, -0.05) is 41.5 Å². The topological polar surface area (TPSA) is 47.0 Å². The first kappa shape index (κ1) is 15.7. The third kappa shape index (κ3) is 5.45. The molecule has 4 nitrogen and oxygen atoms in total. The zero-order valence-electron chi connectivity index (χ0n) is 13.1. The fourth-order valence-corrected chi connectivity index (χ4v) is 1.44. The summed E-state index contributed by atoms with van der Waals surface area (Å²) in [5.74, 6) is 2.90. The number of nitrogens with zero attached hydrogens (tertiary/aromatic N) is 2. The summed E-state index contributed by atoms with van der Waals surface area (Å²) >= 11 is 0. The summed E-state index contributed by atoms with van der Waals surface area (Å²) < 4.78 is 5.65. The lowest BCUT2D eigenvalue weighted by atomic mass is 9.96. The van der Waals surface area contributed by atoms with Gasteiger partial charge in [-0.2, -0.15) is 4.98 Å². The van der Waals surface area contributed by atoms with Crippen LogP contribution < -0.4 is 10.1 Å². The van der Waals surface area contributed by atoms with E-state index in [1.165, 1.54) is 0 Å². The molecular weight excluding hydrogens is 238 g/mol. The van der Waals surface area contributed by atoms with Crippen molar-refractivity contribution in [3.05, 3.63) is 11.9 Å². The van der Waals surface area contributed by atoms with E-state index in [1.54, 1.807) is 0 Å². The maximum Gasteiger partial charge on any atom is 0.218 e. The first-order valence-electron chi connectivity index (χ1n) is 7.09. The van der Waals surface area contributed by atoms with Crippen LogP contribution in [0.25, 0.3) is 0 Å². The van der Waals surface area contributed by atoms with Gasteiger partial charge in [-0.15, -0.1) is 0 Å². The lowest BCUT2D eigenvalue weighted by Crippen LogP contribution is -2.19. The second kappa shape index (κ2) is 6.73. The third-order valence-electron chi connectivity index (χ3n) is 2.52. The molecule has 0 radical (unpaired) electrons. The number of hydrogen-bond acceptors (Lipinski definition) is 4. The van der Waals surface area contributed by atoms with Crippen molar-refractivity contribution in [1.29, 1.82) is 0 Å². The predicted molar refractivity (Wildman–Crippen MR) is 79.8 cm³/mol. The van der Waals surface area contributed by atoms with E-state index in [4.69, 9.17) is 4.74 Å². The number of aromatic nitrogens is 2. The van der Waals surface area contributed by atoms with E-state index in [-0.39, 0.29) is 5.41 Å². The summed E-state index contributed by atoms with van der Waals surface area (Å²) in [7, 11) is 0. The van der Waals surface area contributed by atoms with Crippen LogP contribution in [0.15, 0.2) is 6.07 Å². The van der Waals surface area contributed by atoms with Crippen molar-refractivity contribution in [2.75, 3.05) is 18.5 Å². The molecule has 0 fully saturated rings. The molecule has 1 rings (SSSR count). The predicted octanol–water partition coefficient (Wildman–Crippen LogP) is 3.63. The van der Waals surface area contributed by atoms with Crippen LogP contribution in [0.3, 0.4) is 0 Å². The molecule has 0 spiro atoms. The number of ether oxygens (including phenoxy) is 1. The summed E-state index contributed by atoms with van der Waals surface area (Å²) in [6, 6.07) is 1.88. The number of hydrogen-bond donors (Lipinski definition) is 1. The Morgan fingerprint density at radius 2 is 1.95 bits per heavy atom. The van der Waals surface area contributed by atoms with Crippen molar-refractivity contribution in [1.82, 2.24) is 9.97 Å². The molecule has 4 heteroatoms. The van der Waals surface area contributed by atoms with Gasteiger partial charge in [0.15, 0.2) is 0 Å². The van der Waals surface area contributed by atoms with Gasteiger partial charge in [0.05, 0.1) is 6.61 Å². The lowest BCUT2D eigenvalue weighted by molar-refractivity contribution is 0.301. The first-order valence-corrected chi connectivity index (χ1v) is 7.09. The van der Waals surface area contributed by atoms with Crippen LogP contribution >= 0.6 is 0 Å². The van der Waals surface area contributed by atoms with E-state index in [0.29, 0.717) is 18.4 Å². The zero-order valence-corrected chi connectivity index (χ0v) is 13.1. The second-order valence-electron chi connectivity index (χ2n) is 6.29. The van der Waals surface area contributed by atoms with Crippen LogP contribution in [0.2, 0.25) is 0 Å². The fraction of sp³-hybridized carbons (Fsp3) is 0.733. The highest BCUT2D eigenvalue weighted by atomic mass is 16.5. The Bertz CT molecular complexity index is 397. The van der Waals surface area contributed by atoms with E-state index in [1.807, 2.05) is 6.07 Å². The standard InChI is InChI=1S/C15H27N3O/c1-7-8-19-13-9-12(16-10-11(2)3)17-14(18-13)15(4,5)6/h9,11H,7-8,10H2,1-6H3,(H,16,17,18). The molecule has 0 saturated heterocycles. The summed E-state index contributed by atoms with van der Waals surface area (Å²) in [6.07, 6.45) is 0.976. The highest BCUT2D eigenvalue weighted by Crippen LogP contribution is 2.23. The summed E-state index contributed by atoms with van der Waals surface area (Å²) in [5.41, 5.74) is -0.0835. The Hall–Kier alpha value is -1.32. The maximum absolute atomic E-state index is 5.65. The summed E-state index contributed by atoms with van der Waals surface area (Å²) in [4.78, 5) is 9.08. The summed E-state index contributed by atoms with van der Waals surface area (Å²) in [5, 5.41) is 3.34. The van der Waals surface area contributed by atoms with Crippen molar-refractivity contribution in [3.8, 4) is 5.88 Å². The SMILES string of the molecule is CCCOc1cc(NCC(C)C)nc(C(C)(C)C)n1. The minimum atomic E-state index is -0.0835. The number of nitrogens with one attached hydrogen (secondary N) is 1. The lowest BCUT2D eigenvalue weighted by Gasteiger charge is -2.19. The van der Waals surface area contributed by atoms with E-state index in [0.717, 1.165) is 24.6 Å². The maximum atomic E-state index is 5.65. The van der Waals surface area contributed by atoms with E-state index < -0.39 is 0 Å². The van der Waals surface area contributed by atoms with Gasteiger partial charge in [-0.3, -0.25) is 0 Å². The monoisotopic (exact) mass is 265 g/mol. The molecule has 0 aliphatic rings. The average molecular weight is 265 g/mol. The van der Waals surface area contributed by atoms with Crippen molar-refractivity contribution < 1.29 is 4.74 Å². The summed E-state index contributed by atoms with van der Waals surface area (Å²) in [6.45, 7) is 14.3. The molecule has 0 bridgehead atoms. The molecule has 108 valence electrons. The molecule has 1 heterocycles. The van der Waals surface area contributed by atoms with Crippen LogP contribution in [0.4, 0.5) is 5.82 Å². The molecule has 0 aliphatic heterocycles. The van der Waals surface area contributed by atoms with Gasteiger partial charge in [0.1, 0.15) is 11.6 Å². The first-order chi connectivity index (χ1) is 8.82. The van der Waals surface area contributed by atoms with E-state index in [9.17, 15) is 0 Å². The van der Waals surface area contributed by atoms with Gasteiger partial charge < -0.3 is 10.1 Å². The highest BCUT2D eigenvalue weighted by molar-refractivity contribution is 5.39. The Kier molecular flexibility index (Phi) is 5.58. The Labute approximate surface area is 117 Å². The molecule has 0 saturated carbocycles. The third-order valence-corrected chi connectivity index (χ3v) is 2.52. The highest BCUT2D eigenvalue weighted by Gasteiger charge is 2.19. The minimum absolute atomic E-state index is 0.0835. The van der Waals surface area contributed by atoms with E-state index in [2.05, 4.69) is 56.8 Å². The van der Waals surface area contributed by atoms with Crippen LogP contribution in [-0.2, 0) is 5.41 Å². The number of anilines is 1. The molecule has 0 amide bonds. The fourth-order valence-electron chi connectivity index (χ4n) is 1.44. The minimum Gasteiger partial charge on any atom is -0.478 e. The van der Waals surface area contributed by atoms with Crippen LogP contribution in [0.1, 0.15) is 53.8 Å². The molecule has 0 aromatic carbocycles. The van der Waals surface area contributed by atoms with Crippen molar-refractivity contribution in [3.63, 3.8) is 0 Å². The van der Waals surface area contributed by atoms with E-state index >= 15 is 0 Å².